The van der Waals surface area contributed by atoms with Gasteiger partial charge in [0.05, 0.1) is 6.20 Å². The Morgan fingerprint density at radius 1 is 1.20 bits per heavy atom. The van der Waals surface area contributed by atoms with Gasteiger partial charge in [-0.25, -0.2) is 0 Å². The van der Waals surface area contributed by atoms with Crippen molar-refractivity contribution in [3.05, 3.63) is 17.5 Å². The molecule has 1 heterocycles. The molecular weight excluding hydrogens is 312 g/mol. The lowest BCUT2D eigenvalue weighted by Crippen LogP contribution is -2.41. The highest BCUT2D eigenvalue weighted by Crippen LogP contribution is 2.06. The van der Waals surface area contributed by atoms with E-state index in [1.165, 1.54) is 5.56 Å². The van der Waals surface area contributed by atoms with E-state index < -0.39 is 0 Å². The second-order valence-corrected chi connectivity index (χ2v) is 7.09. The van der Waals surface area contributed by atoms with Gasteiger partial charge in [-0.05, 0) is 66.4 Å². The molecule has 0 saturated carbocycles. The van der Waals surface area contributed by atoms with Crippen molar-refractivity contribution in [3.63, 3.8) is 0 Å². The first kappa shape index (κ1) is 21.5. The molecule has 25 heavy (non-hydrogen) atoms. The summed E-state index contributed by atoms with van der Waals surface area (Å²) in [6, 6.07) is 1.18. The number of nitrogens with one attached hydrogen (secondary N) is 3. The molecule has 0 aliphatic heterocycles. The van der Waals surface area contributed by atoms with Crippen molar-refractivity contribution in [2.24, 2.45) is 4.99 Å². The van der Waals surface area contributed by atoms with Crippen molar-refractivity contribution in [3.8, 4) is 0 Å². The van der Waals surface area contributed by atoms with Gasteiger partial charge in [-0.15, -0.1) is 0 Å². The Hall–Kier alpha value is -1.56. The first-order chi connectivity index (χ1) is 12.0. The van der Waals surface area contributed by atoms with E-state index in [4.69, 9.17) is 0 Å². The molecular formula is C19H38N6. The fraction of sp³-hybridized carbons (Fsp3) is 0.789. The fourth-order valence-corrected chi connectivity index (χ4v) is 3.01. The Balaban J connectivity index is 2.31. The Labute approximate surface area is 153 Å². The maximum absolute atomic E-state index is 4.68. The summed E-state index contributed by atoms with van der Waals surface area (Å²) >= 11 is 0. The monoisotopic (exact) mass is 350 g/mol. The molecule has 0 spiro atoms. The molecule has 0 fully saturated rings. The lowest BCUT2D eigenvalue weighted by molar-refractivity contribution is 0.173. The Kier molecular flexibility index (Phi) is 10.2. The summed E-state index contributed by atoms with van der Waals surface area (Å²) in [5.41, 5.74) is 2.45. The lowest BCUT2D eigenvalue weighted by Gasteiger charge is -2.30. The average Bonchev–Trinajstić information content (AvgIpc) is 2.95. The van der Waals surface area contributed by atoms with Crippen LogP contribution in [0.15, 0.2) is 11.2 Å². The van der Waals surface area contributed by atoms with Crippen molar-refractivity contribution in [2.45, 2.75) is 72.9 Å². The number of H-pyrrole nitrogens is 1. The van der Waals surface area contributed by atoms with E-state index in [1.54, 1.807) is 0 Å². The van der Waals surface area contributed by atoms with Crippen LogP contribution in [0.3, 0.4) is 0 Å². The van der Waals surface area contributed by atoms with Gasteiger partial charge in [0.15, 0.2) is 5.96 Å². The smallest absolute Gasteiger partial charge is 0.191 e. The molecule has 0 saturated heterocycles. The lowest BCUT2D eigenvalue weighted by atomic mass is 10.1. The van der Waals surface area contributed by atoms with Crippen LogP contribution in [-0.4, -0.2) is 59.3 Å². The minimum absolute atomic E-state index is 0.591. The van der Waals surface area contributed by atoms with Crippen LogP contribution in [0.5, 0.6) is 0 Å². The van der Waals surface area contributed by atoms with Gasteiger partial charge >= 0.3 is 0 Å². The van der Waals surface area contributed by atoms with Crippen molar-refractivity contribution >= 4 is 5.96 Å². The Bertz CT molecular complexity index is 484. The predicted molar refractivity (Wildman–Crippen MR) is 107 cm³/mol. The summed E-state index contributed by atoms with van der Waals surface area (Å²) in [6.45, 7) is 17.0. The van der Waals surface area contributed by atoms with E-state index in [-0.39, 0.29) is 0 Å². The molecule has 1 rings (SSSR count). The Morgan fingerprint density at radius 3 is 2.48 bits per heavy atom. The molecule has 0 amide bonds. The molecule has 0 atom stereocenters. The van der Waals surface area contributed by atoms with Crippen LogP contribution in [0.1, 0.15) is 58.7 Å². The summed E-state index contributed by atoms with van der Waals surface area (Å²) in [4.78, 5) is 7.21. The minimum atomic E-state index is 0.591. The molecule has 0 aliphatic rings. The maximum atomic E-state index is 4.68. The van der Waals surface area contributed by atoms with Gasteiger partial charge in [-0.2, -0.15) is 5.10 Å². The highest BCUT2D eigenvalue weighted by molar-refractivity contribution is 5.79. The summed E-state index contributed by atoms with van der Waals surface area (Å²) in [6.07, 6.45) is 5.08. The molecule has 0 aromatic carbocycles. The molecule has 1 aromatic heterocycles. The predicted octanol–water partition coefficient (Wildman–Crippen LogP) is 2.71. The van der Waals surface area contributed by atoms with Crippen molar-refractivity contribution in [2.75, 3.05) is 26.2 Å². The topological polar surface area (TPSA) is 68.3 Å². The number of aromatic amines is 1. The van der Waals surface area contributed by atoms with E-state index in [9.17, 15) is 0 Å². The van der Waals surface area contributed by atoms with E-state index in [1.807, 2.05) is 6.20 Å². The molecule has 3 N–H and O–H groups in total. The number of aliphatic imine (C=N–C) groups is 1. The molecule has 0 aliphatic carbocycles. The van der Waals surface area contributed by atoms with Crippen molar-refractivity contribution < 1.29 is 0 Å². The van der Waals surface area contributed by atoms with Crippen LogP contribution in [-0.2, 0) is 6.42 Å². The van der Waals surface area contributed by atoms with Gasteiger partial charge in [0.25, 0.3) is 0 Å². The third-order valence-electron chi connectivity index (χ3n) is 4.36. The SMILES string of the molecule is CCNC(=NCCCc1cn[nH]c1C)NCCCN(C(C)C)C(C)C. The van der Waals surface area contributed by atoms with Crippen LogP contribution in [0.25, 0.3) is 0 Å². The molecule has 0 unspecified atom stereocenters. The van der Waals surface area contributed by atoms with E-state index in [0.29, 0.717) is 12.1 Å². The maximum Gasteiger partial charge on any atom is 0.191 e. The zero-order valence-corrected chi connectivity index (χ0v) is 17.0. The van der Waals surface area contributed by atoms with E-state index >= 15 is 0 Å². The third kappa shape index (κ3) is 8.38. The summed E-state index contributed by atoms with van der Waals surface area (Å²) < 4.78 is 0. The molecule has 6 heteroatoms. The Morgan fingerprint density at radius 2 is 1.92 bits per heavy atom. The summed E-state index contributed by atoms with van der Waals surface area (Å²) in [5, 5.41) is 13.8. The standard InChI is InChI=1S/C19H38N6/c1-7-20-19(21-11-8-10-18-14-23-24-17(18)6)22-12-9-13-25(15(2)3)16(4)5/h14-16H,7-13H2,1-6H3,(H,23,24)(H2,20,21,22). The van der Waals surface area contributed by atoms with Gasteiger partial charge in [0.2, 0.25) is 0 Å². The van der Waals surface area contributed by atoms with Gasteiger partial charge in [-0.1, -0.05) is 0 Å². The second-order valence-electron chi connectivity index (χ2n) is 7.09. The third-order valence-corrected chi connectivity index (χ3v) is 4.36. The quantitative estimate of drug-likeness (QED) is 0.326. The molecule has 1 aromatic rings. The number of rotatable bonds is 11. The zero-order chi connectivity index (χ0) is 18.7. The number of nitrogens with zero attached hydrogens (tertiary/aromatic N) is 3. The highest BCUT2D eigenvalue weighted by Gasteiger charge is 2.12. The minimum Gasteiger partial charge on any atom is -0.357 e. The molecule has 0 bridgehead atoms. The first-order valence-electron chi connectivity index (χ1n) is 9.72. The van der Waals surface area contributed by atoms with Gasteiger partial charge in [0.1, 0.15) is 0 Å². The number of aromatic nitrogens is 2. The molecule has 6 nitrogen and oxygen atoms in total. The van der Waals surface area contributed by atoms with E-state index in [2.05, 4.69) is 72.3 Å². The van der Waals surface area contributed by atoms with Gasteiger partial charge in [0, 0.05) is 44.0 Å². The number of guanidine groups is 1. The molecule has 144 valence electrons. The van der Waals surface area contributed by atoms with Crippen molar-refractivity contribution in [1.82, 2.24) is 25.7 Å². The van der Waals surface area contributed by atoms with Gasteiger partial charge in [-0.3, -0.25) is 15.0 Å². The van der Waals surface area contributed by atoms with Crippen LogP contribution in [0, 0.1) is 6.92 Å². The zero-order valence-electron chi connectivity index (χ0n) is 17.0. The summed E-state index contributed by atoms with van der Waals surface area (Å²) in [7, 11) is 0. The first-order valence-corrected chi connectivity index (χ1v) is 9.72. The average molecular weight is 351 g/mol. The largest absolute Gasteiger partial charge is 0.357 e. The molecule has 0 radical (unpaired) electrons. The normalized spacial score (nSPS) is 12.4. The van der Waals surface area contributed by atoms with Crippen LogP contribution in [0.4, 0.5) is 0 Å². The number of hydrogen-bond acceptors (Lipinski definition) is 3. The fourth-order valence-electron chi connectivity index (χ4n) is 3.01. The van der Waals surface area contributed by atoms with Crippen LogP contribution in [0.2, 0.25) is 0 Å². The number of hydrogen-bond donors (Lipinski definition) is 3. The summed E-state index contributed by atoms with van der Waals surface area (Å²) in [5.74, 6) is 0.923. The van der Waals surface area contributed by atoms with Crippen LogP contribution >= 0.6 is 0 Å². The highest BCUT2D eigenvalue weighted by atomic mass is 15.2. The van der Waals surface area contributed by atoms with E-state index in [0.717, 1.165) is 57.1 Å². The van der Waals surface area contributed by atoms with Crippen molar-refractivity contribution in [1.29, 1.82) is 0 Å². The van der Waals surface area contributed by atoms with Crippen LogP contribution < -0.4 is 10.6 Å². The number of aryl methyl sites for hydroxylation is 2. The second kappa shape index (κ2) is 11.9. The van der Waals surface area contributed by atoms with Gasteiger partial charge < -0.3 is 10.6 Å².